The second-order valence-electron chi connectivity index (χ2n) is 16.7. The fourth-order valence-corrected chi connectivity index (χ4v) is 11.4. The van der Waals surface area contributed by atoms with Gasteiger partial charge in [0, 0.05) is 25.7 Å². The lowest BCUT2D eigenvalue weighted by atomic mass is 9.41. The lowest BCUT2D eigenvalue weighted by Gasteiger charge is -2.64. The molecule has 4 saturated carbocycles. The molecule has 15 atom stereocenters. The molecule has 0 aromatic carbocycles. The minimum atomic E-state index is -1.000. The molecule has 0 aromatic heterocycles. The third-order valence-corrected chi connectivity index (χ3v) is 13.6. The lowest BCUT2D eigenvalue weighted by Crippen LogP contribution is -2.60. The summed E-state index contributed by atoms with van der Waals surface area (Å²) in [6, 6.07) is 0. The fourth-order valence-electron chi connectivity index (χ4n) is 11.4. The molecule has 1 spiro atoms. The van der Waals surface area contributed by atoms with Gasteiger partial charge in [-0.2, -0.15) is 0 Å². The highest BCUT2D eigenvalue weighted by atomic mass is 16.7. The normalized spacial score (nSPS) is 52.3. The third-order valence-electron chi connectivity index (χ3n) is 13.6. The van der Waals surface area contributed by atoms with Gasteiger partial charge in [-0.3, -0.25) is 4.79 Å². The van der Waals surface area contributed by atoms with E-state index in [0.717, 1.165) is 63.4 Å². The quantitative estimate of drug-likeness (QED) is 0.151. The topological polar surface area (TPSA) is 174 Å². The van der Waals surface area contributed by atoms with Gasteiger partial charge in [-0.15, -0.1) is 0 Å². The number of hydrogen-bond donors (Lipinski definition) is 5. The number of fused-ring (bicyclic) bond motifs is 3. The number of carbonyl (C=O) groups is 1. The van der Waals surface area contributed by atoms with E-state index in [1.54, 1.807) is 0 Å². The standard InChI is InChI=1S/C36H56O12/c1-20-15-35-9-5-27-33(2,7-4-8-34(27,3)32(42)47-29-14-21(38)11-24(16-37)45-29)28(35)6-10-36(20,19-35)48-31-26(13-23(40)18-44-31)46-30-25(41)12-22(39)17-43-30/h21-31,37-41H,1,4-19H2,2-3H3/t21-,22-,23+,24-,25+,26-,27?,28?,29-,30-,31+,33?,34+,35?,36-/m0/s1. The van der Waals surface area contributed by atoms with Crippen molar-refractivity contribution in [1.29, 1.82) is 0 Å². The zero-order valence-corrected chi connectivity index (χ0v) is 28.5. The highest BCUT2D eigenvalue weighted by molar-refractivity contribution is 5.77. The third kappa shape index (κ3) is 6.09. The second kappa shape index (κ2) is 13.1. The van der Waals surface area contributed by atoms with Crippen LogP contribution in [0, 0.1) is 28.1 Å². The SMILES string of the molecule is C=C1CC23CCC4C(C)(CCC[C@@]4(C)C(=O)O[C@H]4C[C@@H](O)C[C@@H](CO)O4)C2CC[C@]1(O[C@H]1OC[C@H](O)C[C@@H]1O[C@@H]1OC[C@@H](O)C[C@H]1O)C3. The minimum absolute atomic E-state index is 0.0168. The molecule has 4 aliphatic carbocycles. The first-order valence-corrected chi connectivity index (χ1v) is 18.2. The summed E-state index contributed by atoms with van der Waals surface area (Å²) in [6.07, 6.45) is 1.89. The van der Waals surface area contributed by atoms with Crippen molar-refractivity contribution in [3.8, 4) is 0 Å². The summed E-state index contributed by atoms with van der Waals surface area (Å²) in [5.74, 6) is 0.239. The molecule has 4 unspecified atom stereocenters. The van der Waals surface area contributed by atoms with Crippen LogP contribution in [0.2, 0.25) is 0 Å². The van der Waals surface area contributed by atoms with Crippen LogP contribution >= 0.6 is 0 Å². The highest BCUT2D eigenvalue weighted by Crippen LogP contribution is 2.73. The number of rotatable bonds is 7. The molecule has 2 bridgehead atoms. The van der Waals surface area contributed by atoms with Crippen molar-refractivity contribution < 1.29 is 58.7 Å². The maximum absolute atomic E-state index is 14.0. The molecular weight excluding hydrogens is 624 g/mol. The first-order chi connectivity index (χ1) is 22.8. The van der Waals surface area contributed by atoms with Crippen molar-refractivity contribution in [1.82, 2.24) is 0 Å². The predicted octanol–water partition coefficient (Wildman–Crippen LogP) is 2.46. The molecule has 272 valence electrons. The molecule has 5 N–H and O–H groups in total. The number of carbonyl (C=O) groups excluding carboxylic acids is 1. The summed E-state index contributed by atoms with van der Waals surface area (Å²) in [5, 5.41) is 50.7. The van der Waals surface area contributed by atoms with E-state index >= 15 is 0 Å². The van der Waals surface area contributed by atoms with Crippen LogP contribution in [0.25, 0.3) is 0 Å². The molecule has 0 amide bonds. The molecule has 48 heavy (non-hydrogen) atoms. The van der Waals surface area contributed by atoms with Crippen LogP contribution in [-0.2, 0) is 33.2 Å². The fraction of sp³-hybridized carbons (Fsp3) is 0.917. The van der Waals surface area contributed by atoms with E-state index in [0.29, 0.717) is 12.3 Å². The van der Waals surface area contributed by atoms with Crippen molar-refractivity contribution in [2.45, 2.75) is 158 Å². The molecule has 7 aliphatic rings. The van der Waals surface area contributed by atoms with Gasteiger partial charge in [-0.05, 0) is 86.5 Å². The predicted molar refractivity (Wildman–Crippen MR) is 169 cm³/mol. The number of aliphatic hydroxyl groups is 5. The molecule has 0 radical (unpaired) electrons. The van der Waals surface area contributed by atoms with Crippen LogP contribution in [0.4, 0.5) is 0 Å². The van der Waals surface area contributed by atoms with Gasteiger partial charge in [0.2, 0.25) is 6.29 Å². The van der Waals surface area contributed by atoms with Crippen molar-refractivity contribution in [3.63, 3.8) is 0 Å². The van der Waals surface area contributed by atoms with Gasteiger partial charge in [0.25, 0.3) is 0 Å². The molecule has 12 heteroatoms. The zero-order chi connectivity index (χ0) is 34.1. The Morgan fingerprint density at radius 1 is 0.896 bits per heavy atom. The molecule has 7 rings (SSSR count). The molecule has 3 heterocycles. The zero-order valence-electron chi connectivity index (χ0n) is 28.5. The number of hydrogen-bond acceptors (Lipinski definition) is 12. The van der Waals surface area contributed by atoms with Crippen molar-refractivity contribution in [2.75, 3.05) is 19.8 Å². The Kier molecular flexibility index (Phi) is 9.61. The van der Waals surface area contributed by atoms with E-state index < -0.39 is 66.5 Å². The smallest absolute Gasteiger partial charge is 0.314 e. The summed E-state index contributed by atoms with van der Waals surface area (Å²) in [7, 11) is 0. The molecule has 3 saturated heterocycles. The van der Waals surface area contributed by atoms with E-state index in [1.807, 2.05) is 0 Å². The van der Waals surface area contributed by atoms with Crippen LogP contribution in [-0.4, -0.2) is 112 Å². The van der Waals surface area contributed by atoms with Gasteiger partial charge in [0.05, 0.1) is 55.3 Å². The largest absolute Gasteiger partial charge is 0.435 e. The molecule has 12 nitrogen and oxygen atoms in total. The van der Waals surface area contributed by atoms with E-state index in [2.05, 4.69) is 20.4 Å². The number of ether oxygens (including phenoxy) is 6. The van der Waals surface area contributed by atoms with Gasteiger partial charge >= 0.3 is 5.97 Å². The first kappa shape index (κ1) is 35.2. The van der Waals surface area contributed by atoms with Crippen LogP contribution in [0.1, 0.15) is 97.3 Å². The summed E-state index contributed by atoms with van der Waals surface area (Å²) in [4.78, 5) is 14.0. The molecule has 7 fully saturated rings. The van der Waals surface area contributed by atoms with Gasteiger partial charge in [0.1, 0.15) is 12.2 Å². The average Bonchev–Trinajstić information content (AvgIpc) is 3.22. The summed E-state index contributed by atoms with van der Waals surface area (Å²) < 4.78 is 36.5. The van der Waals surface area contributed by atoms with Crippen molar-refractivity contribution >= 4 is 5.97 Å². The summed E-state index contributed by atoms with van der Waals surface area (Å²) in [5.41, 5.74) is -0.328. The van der Waals surface area contributed by atoms with E-state index in [1.165, 1.54) is 0 Å². The lowest BCUT2D eigenvalue weighted by molar-refractivity contribution is -0.329. The van der Waals surface area contributed by atoms with Crippen LogP contribution in [0.5, 0.6) is 0 Å². The maximum Gasteiger partial charge on any atom is 0.314 e. The van der Waals surface area contributed by atoms with E-state index in [9.17, 15) is 30.3 Å². The molecule has 0 aromatic rings. The van der Waals surface area contributed by atoms with Gasteiger partial charge in [-0.25, -0.2) is 0 Å². The first-order valence-electron chi connectivity index (χ1n) is 18.2. The van der Waals surface area contributed by atoms with E-state index in [4.69, 9.17) is 28.4 Å². The van der Waals surface area contributed by atoms with Crippen LogP contribution in [0.15, 0.2) is 12.2 Å². The van der Waals surface area contributed by atoms with Gasteiger partial charge in [-0.1, -0.05) is 19.9 Å². The van der Waals surface area contributed by atoms with E-state index in [-0.39, 0.29) is 61.8 Å². The summed E-state index contributed by atoms with van der Waals surface area (Å²) in [6.45, 7) is 8.97. The van der Waals surface area contributed by atoms with Crippen molar-refractivity contribution in [3.05, 3.63) is 12.2 Å². The Morgan fingerprint density at radius 2 is 1.62 bits per heavy atom. The Bertz CT molecular complexity index is 1220. The Hall–Kier alpha value is -1.19. The highest BCUT2D eigenvalue weighted by Gasteiger charge is 2.69. The Balaban J connectivity index is 1.06. The Morgan fingerprint density at radius 3 is 2.38 bits per heavy atom. The number of aliphatic hydroxyl groups excluding tert-OH is 5. The maximum atomic E-state index is 14.0. The molecular formula is C36H56O12. The summed E-state index contributed by atoms with van der Waals surface area (Å²) >= 11 is 0. The Labute approximate surface area is 283 Å². The van der Waals surface area contributed by atoms with Gasteiger partial charge < -0.3 is 54.0 Å². The molecule has 3 aliphatic heterocycles. The van der Waals surface area contributed by atoms with Crippen LogP contribution < -0.4 is 0 Å². The minimum Gasteiger partial charge on any atom is -0.435 e. The monoisotopic (exact) mass is 680 g/mol. The average molecular weight is 681 g/mol. The van der Waals surface area contributed by atoms with Crippen LogP contribution in [0.3, 0.4) is 0 Å². The second-order valence-corrected chi connectivity index (χ2v) is 16.7. The van der Waals surface area contributed by atoms with Gasteiger partial charge in [0.15, 0.2) is 12.6 Å². The number of esters is 1. The van der Waals surface area contributed by atoms with Crippen molar-refractivity contribution in [2.24, 2.45) is 28.1 Å².